The van der Waals surface area contributed by atoms with Gasteiger partial charge in [0.1, 0.15) is 0 Å². The van der Waals surface area contributed by atoms with Crippen LogP contribution in [0.1, 0.15) is 33.6 Å². The summed E-state index contributed by atoms with van der Waals surface area (Å²) in [5, 5.41) is 2.92. The lowest BCUT2D eigenvalue weighted by Crippen LogP contribution is -2.46. The second-order valence-corrected chi connectivity index (χ2v) is 8.19. The van der Waals surface area contributed by atoms with Gasteiger partial charge in [0.2, 0.25) is 0 Å². The predicted octanol–water partition coefficient (Wildman–Crippen LogP) is 2.39. The van der Waals surface area contributed by atoms with E-state index < -0.39 is 12.7 Å². The zero-order valence-corrected chi connectivity index (χ0v) is 15.5. The van der Waals surface area contributed by atoms with Crippen molar-refractivity contribution in [3.8, 4) is 0 Å². The van der Waals surface area contributed by atoms with Gasteiger partial charge in [-0.15, -0.1) is 0 Å². The molecule has 25 heavy (non-hydrogen) atoms. The van der Waals surface area contributed by atoms with Gasteiger partial charge in [0.05, 0.1) is 6.54 Å². The van der Waals surface area contributed by atoms with Crippen LogP contribution in [0.5, 0.6) is 0 Å². The summed E-state index contributed by atoms with van der Waals surface area (Å²) in [5.41, 5.74) is 0.0955. The van der Waals surface area contributed by atoms with E-state index in [9.17, 15) is 18.0 Å². The summed E-state index contributed by atoms with van der Waals surface area (Å²) in [5.74, 6) is 0.101. The molecule has 0 unspecified atom stereocenters. The first-order chi connectivity index (χ1) is 11.5. The Bertz CT molecular complexity index is 450. The highest BCUT2D eigenvalue weighted by atomic mass is 19.4. The van der Waals surface area contributed by atoms with Gasteiger partial charge in [-0.1, -0.05) is 0 Å². The van der Waals surface area contributed by atoms with E-state index in [1.807, 2.05) is 4.90 Å². The summed E-state index contributed by atoms with van der Waals surface area (Å²) >= 11 is 0. The van der Waals surface area contributed by atoms with Crippen molar-refractivity contribution >= 4 is 6.03 Å². The van der Waals surface area contributed by atoms with Crippen LogP contribution in [0.4, 0.5) is 18.0 Å². The highest BCUT2D eigenvalue weighted by Crippen LogP contribution is 2.22. The standard InChI is InChI=1S/C17H31F3N4O/c1-16(2,3)24-7-4-6-23(9-10-24)15(25)21-11-14-5-8-22(12-14)13-17(18,19)20/h14H,4-13H2,1-3H3,(H,21,25)/t14-/m1/s1. The first-order valence-electron chi connectivity index (χ1n) is 9.11. The second kappa shape index (κ2) is 8.12. The molecular formula is C17H31F3N4O. The predicted molar refractivity (Wildman–Crippen MR) is 91.5 cm³/mol. The third-order valence-electron chi connectivity index (χ3n) is 5.05. The highest BCUT2D eigenvalue weighted by molar-refractivity contribution is 5.74. The molecule has 0 aromatic rings. The number of urea groups is 1. The lowest BCUT2D eigenvalue weighted by atomic mass is 10.1. The van der Waals surface area contributed by atoms with Gasteiger partial charge in [0.15, 0.2) is 0 Å². The molecule has 2 heterocycles. The van der Waals surface area contributed by atoms with Gasteiger partial charge in [-0.3, -0.25) is 9.80 Å². The number of rotatable bonds is 3. The summed E-state index contributed by atoms with van der Waals surface area (Å²) in [6, 6.07) is -0.0926. The monoisotopic (exact) mass is 364 g/mol. The van der Waals surface area contributed by atoms with E-state index in [-0.39, 0.29) is 17.5 Å². The number of likely N-dealkylation sites (tertiary alicyclic amines) is 1. The lowest BCUT2D eigenvalue weighted by Gasteiger charge is -2.34. The van der Waals surface area contributed by atoms with E-state index in [1.165, 1.54) is 4.90 Å². The zero-order chi connectivity index (χ0) is 18.7. The van der Waals surface area contributed by atoms with Crippen molar-refractivity contribution < 1.29 is 18.0 Å². The number of nitrogens with zero attached hydrogens (tertiary/aromatic N) is 3. The number of carbonyl (C=O) groups excluding carboxylic acids is 1. The molecule has 1 N–H and O–H groups in total. The smallest absolute Gasteiger partial charge is 0.338 e. The molecule has 2 aliphatic rings. The molecule has 0 bridgehead atoms. The molecule has 2 amide bonds. The molecular weight excluding hydrogens is 333 g/mol. The van der Waals surface area contributed by atoms with Crippen LogP contribution in [0.3, 0.4) is 0 Å². The molecule has 0 aliphatic carbocycles. The quantitative estimate of drug-likeness (QED) is 0.836. The summed E-state index contributed by atoms with van der Waals surface area (Å²) in [4.78, 5) is 18.0. The van der Waals surface area contributed by atoms with Gasteiger partial charge in [-0.05, 0) is 46.1 Å². The van der Waals surface area contributed by atoms with Crippen molar-refractivity contribution in [2.24, 2.45) is 5.92 Å². The number of halogens is 3. The Labute approximate surface area is 148 Å². The zero-order valence-electron chi connectivity index (χ0n) is 15.5. The molecule has 0 aromatic carbocycles. The highest BCUT2D eigenvalue weighted by Gasteiger charge is 2.34. The second-order valence-electron chi connectivity index (χ2n) is 8.19. The van der Waals surface area contributed by atoms with Crippen molar-refractivity contribution in [3.05, 3.63) is 0 Å². The topological polar surface area (TPSA) is 38.8 Å². The molecule has 2 aliphatic heterocycles. The number of hydrogen-bond donors (Lipinski definition) is 1. The Balaban J connectivity index is 1.72. The van der Waals surface area contributed by atoms with Crippen LogP contribution < -0.4 is 5.32 Å². The third-order valence-corrected chi connectivity index (χ3v) is 5.05. The first-order valence-corrected chi connectivity index (χ1v) is 9.11. The van der Waals surface area contributed by atoms with E-state index in [0.717, 1.165) is 26.1 Å². The Kier molecular flexibility index (Phi) is 6.59. The van der Waals surface area contributed by atoms with Crippen LogP contribution in [-0.2, 0) is 0 Å². The molecule has 0 aromatic heterocycles. The van der Waals surface area contributed by atoms with Crippen LogP contribution in [0.15, 0.2) is 0 Å². The van der Waals surface area contributed by atoms with Crippen molar-refractivity contribution in [1.29, 1.82) is 0 Å². The third kappa shape index (κ3) is 6.66. The molecule has 1 atom stereocenters. The van der Waals surface area contributed by atoms with Gasteiger partial charge in [0.25, 0.3) is 0 Å². The van der Waals surface area contributed by atoms with Gasteiger partial charge < -0.3 is 10.2 Å². The van der Waals surface area contributed by atoms with E-state index in [1.54, 1.807) is 0 Å². The van der Waals surface area contributed by atoms with Crippen LogP contribution in [-0.4, -0.2) is 84.8 Å². The van der Waals surface area contributed by atoms with Crippen molar-refractivity contribution in [2.45, 2.75) is 45.3 Å². The Hall–Kier alpha value is -1.02. The number of nitrogens with one attached hydrogen (secondary N) is 1. The summed E-state index contributed by atoms with van der Waals surface area (Å²) in [7, 11) is 0. The Morgan fingerprint density at radius 1 is 1.08 bits per heavy atom. The molecule has 146 valence electrons. The van der Waals surface area contributed by atoms with E-state index >= 15 is 0 Å². The molecule has 8 heteroatoms. The van der Waals surface area contributed by atoms with Crippen molar-refractivity contribution in [2.75, 3.05) is 52.4 Å². The molecule has 0 saturated carbocycles. The molecule has 0 radical (unpaired) electrons. The van der Waals surface area contributed by atoms with Gasteiger partial charge >= 0.3 is 12.2 Å². The molecule has 5 nitrogen and oxygen atoms in total. The first kappa shape index (κ1) is 20.3. The Morgan fingerprint density at radius 3 is 2.44 bits per heavy atom. The summed E-state index contributed by atoms with van der Waals surface area (Å²) < 4.78 is 37.3. The summed E-state index contributed by atoms with van der Waals surface area (Å²) in [6.45, 7) is 10.2. The van der Waals surface area contributed by atoms with Gasteiger partial charge in [0, 0.05) is 44.8 Å². The fourth-order valence-corrected chi connectivity index (χ4v) is 3.61. The molecule has 2 fully saturated rings. The van der Waals surface area contributed by atoms with Crippen LogP contribution in [0.2, 0.25) is 0 Å². The maximum Gasteiger partial charge on any atom is 0.401 e. The van der Waals surface area contributed by atoms with Crippen molar-refractivity contribution in [3.63, 3.8) is 0 Å². The van der Waals surface area contributed by atoms with Crippen LogP contribution >= 0.6 is 0 Å². The minimum atomic E-state index is -4.15. The van der Waals surface area contributed by atoms with Crippen LogP contribution in [0, 0.1) is 5.92 Å². The fraction of sp³-hybridized carbons (Fsp3) is 0.941. The maximum absolute atomic E-state index is 12.4. The number of alkyl halides is 3. The number of amides is 2. The molecule has 2 saturated heterocycles. The minimum absolute atomic E-state index is 0.0926. The van der Waals surface area contributed by atoms with E-state index in [4.69, 9.17) is 0 Å². The average molecular weight is 364 g/mol. The number of hydrogen-bond acceptors (Lipinski definition) is 3. The average Bonchev–Trinajstić information content (AvgIpc) is 2.75. The largest absolute Gasteiger partial charge is 0.401 e. The van der Waals surface area contributed by atoms with E-state index in [2.05, 4.69) is 31.0 Å². The summed E-state index contributed by atoms with van der Waals surface area (Å²) in [6.07, 6.45) is -2.51. The lowest BCUT2D eigenvalue weighted by molar-refractivity contribution is -0.143. The van der Waals surface area contributed by atoms with E-state index in [0.29, 0.717) is 32.6 Å². The fourth-order valence-electron chi connectivity index (χ4n) is 3.61. The van der Waals surface area contributed by atoms with Gasteiger partial charge in [-0.25, -0.2) is 4.79 Å². The normalized spacial score (nSPS) is 24.4. The van der Waals surface area contributed by atoms with Gasteiger partial charge in [-0.2, -0.15) is 13.2 Å². The maximum atomic E-state index is 12.4. The molecule has 2 rings (SSSR count). The number of carbonyl (C=O) groups is 1. The minimum Gasteiger partial charge on any atom is -0.338 e. The Morgan fingerprint density at radius 2 is 1.80 bits per heavy atom. The SMILES string of the molecule is CC(C)(C)N1CCCN(C(=O)NC[C@H]2CCN(CC(F)(F)F)C2)CC1. The van der Waals surface area contributed by atoms with Crippen molar-refractivity contribution in [1.82, 2.24) is 20.0 Å². The van der Waals surface area contributed by atoms with Crippen LogP contribution in [0.25, 0.3) is 0 Å². The molecule has 0 spiro atoms.